The van der Waals surface area contributed by atoms with E-state index in [0.29, 0.717) is 6.42 Å². The van der Waals surface area contributed by atoms with Crippen LogP contribution in [0.1, 0.15) is 5.56 Å². The SMILES string of the molecule is NNC(COCC(F)(F)F)Cc1ccc(I)cc1. The largest absolute Gasteiger partial charge is 0.411 e. The molecule has 1 aromatic carbocycles. The molecule has 1 atom stereocenters. The Kier molecular flexibility index (Phi) is 6.33. The summed E-state index contributed by atoms with van der Waals surface area (Å²) >= 11 is 2.18. The smallest absolute Gasteiger partial charge is 0.370 e. The lowest BCUT2D eigenvalue weighted by atomic mass is 10.1. The number of halogens is 4. The number of benzene rings is 1. The van der Waals surface area contributed by atoms with E-state index in [1.807, 2.05) is 24.3 Å². The molecule has 18 heavy (non-hydrogen) atoms. The molecule has 0 aliphatic heterocycles. The van der Waals surface area contributed by atoms with Crippen molar-refractivity contribution in [1.29, 1.82) is 0 Å². The molecular formula is C11H14F3IN2O. The molecule has 0 amide bonds. The average Bonchev–Trinajstić information content (AvgIpc) is 2.29. The molecule has 7 heteroatoms. The van der Waals surface area contributed by atoms with Gasteiger partial charge in [-0.15, -0.1) is 0 Å². The Bertz CT molecular complexity index is 356. The number of nitrogens with two attached hydrogens (primary N) is 1. The number of hydrogen-bond donors (Lipinski definition) is 2. The first-order valence-corrected chi connectivity index (χ1v) is 6.33. The van der Waals surface area contributed by atoms with E-state index in [0.717, 1.165) is 9.13 Å². The van der Waals surface area contributed by atoms with Crippen LogP contribution in [0, 0.1) is 3.57 Å². The van der Waals surface area contributed by atoms with Crippen LogP contribution in [0.3, 0.4) is 0 Å². The van der Waals surface area contributed by atoms with Crippen LogP contribution in [0.4, 0.5) is 13.2 Å². The van der Waals surface area contributed by atoms with Gasteiger partial charge in [-0.3, -0.25) is 11.3 Å². The van der Waals surface area contributed by atoms with Gasteiger partial charge in [-0.25, -0.2) is 0 Å². The summed E-state index contributed by atoms with van der Waals surface area (Å²) in [5.74, 6) is 5.29. The second kappa shape index (κ2) is 7.27. The van der Waals surface area contributed by atoms with Crippen LogP contribution in [0.2, 0.25) is 0 Å². The zero-order chi connectivity index (χ0) is 13.6. The highest BCUT2D eigenvalue weighted by Crippen LogP contribution is 2.15. The minimum atomic E-state index is -4.30. The van der Waals surface area contributed by atoms with Crippen LogP contribution in [-0.2, 0) is 11.2 Å². The topological polar surface area (TPSA) is 47.3 Å². The van der Waals surface area contributed by atoms with E-state index in [-0.39, 0.29) is 12.6 Å². The van der Waals surface area contributed by atoms with Gasteiger partial charge in [-0.2, -0.15) is 13.2 Å². The predicted molar refractivity (Wildman–Crippen MR) is 70.8 cm³/mol. The van der Waals surface area contributed by atoms with Crippen molar-refractivity contribution in [2.24, 2.45) is 5.84 Å². The molecule has 0 saturated heterocycles. The molecule has 3 nitrogen and oxygen atoms in total. The summed E-state index contributed by atoms with van der Waals surface area (Å²) in [5, 5.41) is 0. The molecule has 0 radical (unpaired) electrons. The van der Waals surface area contributed by atoms with Gasteiger partial charge in [0.1, 0.15) is 6.61 Å². The summed E-state index contributed by atoms with van der Waals surface area (Å²) in [6.07, 6.45) is -3.78. The molecule has 0 spiro atoms. The lowest BCUT2D eigenvalue weighted by Crippen LogP contribution is -2.41. The molecule has 3 N–H and O–H groups in total. The fourth-order valence-corrected chi connectivity index (χ4v) is 1.75. The van der Waals surface area contributed by atoms with Gasteiger partial charge >= 0.3 is 6.18 Å². The van der Waals surface area contributed by atoms with Crippen molar-refractivity contribution >= 4 is 22.6 Å². The third-order valence-electron chi connectivity index (χ3n) is 2.22. The van der Waals surface area contributed by atoms with Gasteiger partial charge in [0.25, 0.3) is 0 Å². The minimum Gasteiger partial charge on any atom is -0.370 e. The first-order chi connectivity index (χ1) is 8.40. The van der Waals surface area contributed by atoms with Gasteiger partial charge < -0.3 is 4.74 Å². The van der Waals surface area contributed by atoms with E-state index in [9.17, 15) is 13.2 Å². The van der Waals surface area contributed by atoms with Crippen LogP contribution in [0.5, 0.6) is 0 Å². The molecule has 1 rings (SSSR count). The van der Waals surface area contributed by atoms with Gasteiger partial charge in [-0.1, -0.05) is 12.1 Å². The van der Waals surface area contributed by atoms with Crippen LogP contribution in [0.15, 0.2) is 24.3 Å². The quantitative estimate of drug-likeness (QED) is 0.456. The lowest BCUT2D eigenvalue weighted by molar-refractivity contribution is -0.175. The molecule has 0 aromatic heterocycles. The van der Waals surface area contributed by atoms with E-state index >= 15 is 0 Å². The number of hydrazine groups is 1. The molecule has 0 aliphatic carbocycles. The van der Waals surface area contributed by atoms with Crippen molar-refractivity contribution in [2.45, 2.75) is 18.6 Å². The summed E-state index contributed by atoms with van der Waals surface area (Å²) in [6, 6.07) is 7.35. The van der Waals surface area contributed by atoms with Crippen LogP contribution in [-0.4, -0.2) is 25.4 Å². The molecule has 1 aromatic rings. The highest BCUT2D eigenvalue weighted by Gasteiger charge is 2.27. The lowest BCUT2D eigenvalue weighted by Gasteiger charge is -2.17. The Morgan fingerprint density at radius 1 is 1.28 bits per heavy atom. The van der Waals surface area contributed by atoms with Crippen molar-refractivity contribution in [3.8, 4) is 0 Å². The van der Waals surface area contributed by atoms with Crippen molar-refractivity contribution in [1.82, 2.24) is 5.43 Å². The maximum absolute atomic E-state index is 11.9. The Hall–Kier alpha value is -0.380. The third-order valence-corrected chi connectivity index (χ3v) is 2.93. The van der Waals surface area contributed by atoms with E-state index < -0.39 is 12.8 Å². The fourth-order valence-electron chi connectivity index (χ4n) is 1.39. The molecule has 0 aliphatic rings. The second-order valence-electron chi connectivity index (χ2n) is 3.82. The highest BCUT2D eigenvalue weighted by atomic mass is 127. The van der Waals surface area contributed by atoms with Gasteiger partial charge in [0.05, 0.1) is 6.61 Å². The number of hydrogen-bond acceptors (Lipinski definition) is 3. The maximum Gasteiger partial charge on any atom is 0.411 e. The standard InChI is InChI=1S/C11H14F3IN2O/c12-11(13,14)7-18-6-10(17-16)5-8-1-3-9(15)4-2-8/h1-4,10,17H,5-7,16H2. The van der Waals surface area contributed by atoms with Crippen molar-refractivity contribution in [2.75, 3.05) is 13.2 Å². The Morgan fingerprint density at radius 3 is 2.39 bits per heavy atom. The minimum absolute atomic E-state index is 0.0814. The number of rotatable bonds is 6. The molecule has 102 valence electrons. The van der Waals surface area contributed by atoms with Gasteiger partial charge in [-0.05, 0) is 46.7 Å². The fraction of sp³-hybridized carbons (Fsp3) is 0.455. The van der Waals surface area contributed by atoms with E-state index in [4.69, 9.17) is 5.84 Å². The van der Waals surface area contributed by atoms with Crippen LogP contribution in [0.25, 0.3) is 0 Å². The highest BCUT2D eigenvalue weighted by molar-refractivity contribution is 14.1. The molecule has 1 unspecified atom stereocenters. The zero-order valence-electron chi connectivity index (χ0n) is 9.51. The molecule has 0 fully saturated rings. The Labute approximate surface area is 117 Å². The number of nitrogens with one attached hydrogen (secondary N) is 1. The number of alkyl halides is 3. The van der Waals surface area contributed by atoms with Crippen molar-refractivity contribution in [3.63, 3.8) is 0 Å². The first kappa shape index (κ1) is 15.7. The summed E-state index contributed by atoms with van der Waals surface area (Å²) in [4.78, 5) is 0. The van der Waals surface area contributed by atoms with Gasteiger partial charge in [0, 0.05) is 9.61 Å². The molecular weight excluding hydrogens is 360 g/mol. The predicted octanol–water partition coefficient (Wildman–Crippen LogP) is 2.24. The van der Waals surface area contributed by atoms with Gasteiger partial charge in [0.2, 0.25) is 0 Å². The summed E-state index contributed by atoms with van der Waals surface area (Å²) in [5.41, 5.74) is 3.45. The van der Waals surface area contributed by atoms with Gasteiger partial charge in [0.15, 0.2) is 0 Å². The molecule has 0 bridgehead atoms. The summed E-state index contributed by atoms with van der Waals surface area (Å²) in [7, 11) is 0. The molecule has 0 heterocycles. The average molecular weight is 374 g/mol. The number of ether oxygens (including phenoxy) is 1. The normalized spacial score (nSPS) is 13.6. The zero-order valence-corrected chi connectivity index (χ0v) is 11.7. The van der Waals surface area contributed by atoms with Crippen molar-refractivity contribution in [3.05, 3.63) is 33.4 Å². The van der Waals surface area contributed by atoms with E-state index in [1.165, 1.54) is 0 Å². The summed E-state index contributed by atoms with van der Waals surface area (Å²) in [6.45, 7) is -1.33. The maximum atomic E-state index is 11.9. The first-order valence-electron chi connectivity index (χ1n) is 5.26. The Balaban J connectivity index is 2.40. The second-order valence-corrected chi connectivity index (χ2v) is 5.07. The van der Waals surface area contributed by atoms with Crippen molar-refractivity contribution < 1.29 is 17.9 Å². The van der Waals surface area contributed by atoms with E-state index in [2.05, 4.69) is 32.8 Å². The van der Waals surface area contributed by atoms with Crippen LogP contribution >= 0.6 is 22.6 Å². The van der Waals surface area contributed by atoms with E-state index in [1.54, 1.807) is 0 Å². The monoisotopic (exact) mass is 374 g/mol. The third kappa shape index (κ3) is 6.53. The summed E-state index contributed by atoms with van der Waals surface area (Å²) < 4.78 is 41.4. The molecule has 0 saturated carbocycles. The van der Waals surface area contributed by atoms with Crippen LogP contribution < -0.4 is 11.3 Å². The Morgan fingerprint density at radius 2 is 1.89 bits per heavy atom.